The lowest BCUT2D eigenvalue weighted by Crippen LogP contribution is -2.36. The Bertz CT molecular complexity index is 649. The molecule has 5 nitrogen and oxygen atoms in total. The molecule has 2 aliphatic heterocycles. The first-order valence-electron chi connectivity index (χ1n) is 9.97. The Morgan fingerprint density at radius 1 is 1.38 bits per heavy atom. The van der Waals surface area contributed by atoms with Crippen molar-refractivity contribution < 1.29 is 4.79 Å². The molecule has 0 aromatic heterocycles. The molecule has 4 N–H and O–H groups in total. The van der Waals surface area contributed by atoms with E-state index >= 15 is 0 Å². The molecule has 0 radical (unpaired) electrons. The highest BCUT2D eigenvalue weighted by atomic mass is 16.1. The number of anilines is 1. The summed E-state index contributed by atoms with van der Waals surface area (Å²) in [7, 11) is 0. The standard InChI is InChI=1S/C21H32N4O/c1-2-16(13-22)15-25-11-3-4-18-12-19(5-6-20(18)25)21(26)24-14-17-7-9-23-10-8-17/h5-6,12-13,17,23H,2-4,7-11,14-15,22H2,1H3,(H,24,26)/b16-13+. The van der Waals surface area contributed by atoms with E-state index in [9.17, 15) is 4.79 Å². The summed E-state index contributed by atoms with van der Waals surface area (Å²) in [5.74, 6) is 0.656. The van der Waals surface area contributed by atoms with Gasteiger partial charge in [0.2, 0.25) is 0 Å². The van der Waals surface area contributed by atoms with Crippen LogP contribution in [0.4, 0.5) is 5.69 Å². The molecule has 0 atom stereocenters. The Balaban J connectivity index is 1.64. The predicted molar refractivity (Wildman–Crippen MR) is 107 cm³/mol. The van der Waals surface area contributed by atoms with Crippen LogP contribution in [0.15, 0.2) is 30.0 Å². The molecule has 3 rings (SSSR count). The van der Waals surface area contributed by atoms with Crippen molar-refractivity contribution in [2.45, 2.75) is 39.0 Å². The van der Waals surface area contributed by atoms with Crippen LogP contribution in [0.1, 0.15) is 48.5 Å². The fraction of sp³-hybridized carbons (Fsp3) is 0.571. The van der Waals surface area contributed by atoms with Crippen molar-refractivity contribution in [3.05, 3.63) is 41.1 Å². The molecule has 5 heteroatoms. The van der Waals surface area contributed by atoms with Crippen LogP contribution in [-0.2, 0) is 6.42 Å². The molecule has 0 saturated carbocycles. The highest BCUT2D eigenvalue weighted by Crippen LogP contribution is 2.29. The summed E-state index contributed by atoms with van der Waals surface area (Å²) in [4.78, 5) is 14.9. The van der Waals surface area contributed by atoms with E-state index in [1.54, 1.807) is 6.20 Å². The van der Waals surface area contributed by atoms with Gasteiger partial charge in [0.1, 0.15) is 0 Å². The summed E-state index contributed by atoms with van der Waals surface area (Å²) in [5, 5.41) is 6.50. The molecule has 0 aliphatic carbocycles. The van der Waals surface area contributed by atoms with Gasteiger partial charge in [-0.05, 0) is 86.6 Å². The molecule has 1 aromatic rings. The van der Waals surface area contributed by atoms with Crippen molar-refractivity contribution >= 4 is 11.6 Å². The third kappa shape index (κ3) is 4.58. The molecule has 1 saturated heterocycles. The molecule has 2 heterocycles. The van der Waals surface area contributed by atoms with Crippen LogP contribution in [-0.4, -0.2) is 38.6 Å². The maximum atomic E-state index is 12.6. The highest BCUT2D eigenvalue weighted by molar-refractivity contribution is 5.95. The normalized spacial score (nSPS) is 18.5. The van der Waals surface area contributed by atoms with Crippen LogP contribution in [0.25, 0.3) is 0 Å². The summed E-state index contributed by atoms with van der Waals surface area (Å²) >= 11 is 0. The number of benzene rings is 1. The number of rotatable bonds is 6. The van der Waals surface area contributed by atoms with Crippen molar-refractivity contribution in [2.75, 3.05) is 37.6 Å². The molecule has 2 aliphatic rings. The number of amides is 1. The summed E-state index contributed by atoms with van der Waals surface area (Å²) in [6.07, 6.45) is 7.15. The van der Waals surface area contributed by atoms with Crippen molar-refractivity contribution in [1.29, 1.82) is 0 Å². The number of nitrogens with one attached hydrogen (secondary N) is 2. The molecule has 1 amide bonds. The molecule has 142 valence electrons. The van der Waals surface area contributed by atoms with Crippen LogP contribution in [0.3, 0.4) is 0 Å². The zero-order valence-corrected chi connectivity index (χ0v) is 15.9. The van der Waals surface area contributed by atoms with Gasteiger partial charge in [-0.1, -0.05) is 6.92 Å². The van der Waals surface area contributed by atoms with E-state index in [2.05, 4.69) is 34.6 Å². The number of nitrogens with two attached hydrogens (primary N) is 1. The average molecular weight is 357 g/mol. The predicted octanol–water partition coefficient (Wildman–Crippen LogP) is 2.42. The van der Waals surface area contributed by atoms with E-state index in [-0.39, 0.29) is 5.91 Å². The van der Waals surface area contributed by atoms with Crippen molar-refractivity contribution in [3.63, 3.8) is 0 Å². The zero-order chi connectivity index (χ0) is 18.4. The molecular weight excluding hydrogens is 324 g/mol. The van der Waals surface area contributed by atoms with E-state index in [4.69, 9.17) is 5.73 Å². The smallest absolute Gasteiger partial charge is 0.251 e. The van der Waals surface area contributed by atoms with Crippen molar-refractivity contribution in [3.8, 4) is 0 Å². The quantitative estimate of drug-likeness (QED) is 0.732. The lowest BCUT2D eigenvalue weighted by atomic mass is 9.97. The van der Waals surface area contributed by atoms with Crippen LogP contribution in [0.5, 0.6) is 0 Å². The average Bonchev–Trinajstić information content (AvgIpc) is 2.70. The van der Waals surface area contributed by atoms with E-state index < -0.39 is 0 Å². The molecule has 0 unspecified atom stereocenters. The topological polar surface area (TPSA) is 70.4 Å². The largest absolute Gasteiger partial charge is 0.405 e. The minimum atomic E-state index is 0.0551. The first-order valence-corrected chi connectivity index (χ1v) is 9.97. The number of fused-ring (bicyclic) bond motifs is 1. The summed E-state index contributed by atoms with van der Waals surface area (Å²) in [6.45, 7) is 6.97. The fourth-order valence-corrected chi connectivity index (χ4v) is 3.93. The van der Waals surface area contributed by atoms with Gasteiger partial charge < -0.3 is 21.3 Å². The molecule has 1 aromatic carbocycles. The Morgan fingerprint density at radius 2 is 2.19 bits per heavy atom. The Hall–Kier alpha value is -2.01. The van der Waals surface area contributed by atoms with E-state index in [0.717, 1.165) is 70.4 Å². The SMILES string of the molecule is CC/C(=C\N)CN1CCCc2cc(C(=O)NCC3CCNCC3)ccc21. The van der Waals surface area contributed by atoms with Crippen LogP contribution in [0.2, 0.25) is 0 Å². The van der Waals surface area contributed by atoms with E-state index in [1.165, 1.54) is 16.8 Å². The summed E-state index contributed by atoms with van der Waals surface area (Å²) in [5.41, 5.74) is 10.3. The minimum absolute atomic E-state index is 0.0551. The summed E-state index contributed by atoms with van der Waals surface area (Å²) in [6, 6.07) is 6.15. The molecule has 0 spiro atoms. The number of carbonyl (C=O) groups excluding carboxylic acids is 1. The van der Waals surface area contributed by atoms with Gasteiger partial charge in [0.05, 0.1) is 0 Å². The van der Waals surface area contributed by atoms with E-state index in [1.807, 2.05) is 6.07 Å². The van der Waals surface area contributed by atoms with Gasteiger partial charge in [-0.3, -0.25) is 4.79 Å². The lowest BCUT2D eigenvalue weighted by molar-refractivity contribution is 0.0944. The van der Waals surface area contributed by atoms with Gasteiger partial charge >= 0.3 is 0 Å². The molecular formula is C21H32N4O. The van der Waals surface area contributed by atoms with Gasteiger partial charge in [0, 0.05) is 30.9 Å². The van der Waals surface area contributed by atoms with Gasteiger partial charge in [-0.25, -0.2) is 0 Å². The molecule has 26 heavy (non-hydrogen) atoms. The number of aryl methyl sites for hydroxylation is 1. The number of hydrogen-bond acceptors (Lipinski definition) is 4. The second kappa shape index (κ2) is 9.08. The monoisotopic (exact) mass is 356 g/mol. The Labute approximate surface area is 157 Å². The van der Waals surface area contributed by atoms with Gasteiger partial charge in [-0.15, -0.1) is 0 Å². The molecule has 1 fully saturated rings. The fourth-order valence-electron chi connectivity index (χ4n) is 3.93. The zero-order valence-electron chi connectivity index (χ0n) is 15.9. The maximum Gasteiger partial charge on any atom is 0.251 e. The summed E-state index contributed by atoms with van der Waals surface area (Å²) < 4.78 is 0. The van der Waals surface area contributed by atoms with Crippen LogP contribution >= 0.6 is 0 Å². The highest BCUT2D eigenvalue weighted by Gasteiger charge is 2.20. The first kappa shape index (κ1) is 18.8. The maximum absolute atomic E-state index is 12.6. The number of nitrogens with zero attached hydrogens (tertiary/aromatic N) is 1. The lowest BCUT2D eigenvalue weighted by Gasteiger charge is -2.32. The number of piperidine rings is 1. The van der Waals surface area contributed by atoms with Crippen LogP contribution in [0, 0.1) is 5.92 Å². The minimum Gasteiger partial charge on any atom is -0.405 e. The van der Waals surface area contributed by atoms with Crippen molar-refractivity contribution in [1.82, 2.24) is 10.6 Å². The molecule has 0 bridgehead atoms. The van der Waals surface area contributed by atoms with Gasteiger partial charge in [0.25, 0.3) is 5.91 Å². The second-order valence-corrected chi connectivity index (χ2v) is 7.45. The Morgan fingerprint density at radius 3 is 2.92 bits per heavy atom. The number of carbonyl (C=O) groups is 1. The van der Waals surface area contributed by atoms with Gasteiger partial charge in [0.15, 0.2) is 0 Å². The number of hydrogen-bond donors (Lipinski definition) is 3. The first-order chi connectivity index (χ1) is 12.7. The van der Waals surface area contributed by atoms with Gasteiger partial charge in [-0.2, -0.15) is 0 Å². The third-order valence-electron chi connectivity index (χ3n) is 5.65. The van der Waals surface area contributed by atoms with E-state index in [0.29, 0.717) is 5.92 Å². The second-order valence-electron chi connectivity index (χ2n) is 7.45. The van der Waals surface area contributed by atoms with Crippen LogP contribution < -0.4 is 21.3 Å². The third-order valence-corrected chi connectivity index (χ3v) is 5.65. The van der Waals surface area contributed by atoms with Crippen molar-refractivity contribution in [2.24, 2.45) is 11.7 Å². The Kier molecular flexibility index (Phi) is 6.56.